The van der Waals surface area contributed by atoms with Crippen molar-refractivity contribution in [1.82, 2.24) is 20.2 Å². The quantitative estimate of drug-likeness (QED) is 0.708. The largest absolute Gasteiger partial charge is 0.310 e. The molecule has 0 atom stereocenters. The van der Waals surface area contributed by atoms with E-state index < -0.39 is 0 Å². The van der Waals surface area contributed by atoms with E-state index >= 15 is 0 Å². The van der Waals surface area contributed by atoms with Crippen LogP contribution >= 0.6 is 11.8 Å². The first kappa shape index (κ1) is 14.3. The molecule has 0 saturated carbocycles. The lowest BCUT2D eigenvalue weighted by Crippen LogP contribution is -2.14. The number of anilines is 1. The molecule has 0 saturated heterocycles. The number of thioether (sulfide) groups is 1. The minimum atomic E-state index is -0.144. The normalized spacial score (nSPS) is 10.4. The van der Waals surface area contributed by atoms with Gasteiger partial charge in [0, 0.05) is 11.8 Å². The zero-order valence-electron chi connectivity index (χ0n) is 11.6. The minimum absolute atomic E-state index is 0.144. The van der Waals surface area contributed by atoms with E-state index in [0.717, 1.165) is 5.56 Å². The molecule has 1 amide bonds. The van der Waals surface area contributed by atoms with Crippen molar-refractivity contribution in [3.63, 3.8) is 0 Å². The molecule has 7 heteroatoms. The molecule has 0 spiro atoms. The van der Waals surface area contributed by atoms with Crippen LogP contribution in [0.5, 0.6) is 0 Å². The van der Waals surface area contributed by atoms with Crippen molar-refractivity contribution in [1.29, 1.82) is 0 Å². The van der Waals surface area contributed by atoms with Gasteiger partial charge in [0.05, 0.1) is 5.75 Å². The molecule has 3 rings (SSSR count). The van der Waals surface area contributed by atoms with Crippen LogP contribution in [0.4, 0.5) is 5.82 Å². The fourth-order valence-corrected chi connectivity index (χ4v) is 2.38. The van der Waals surface area contributed by atoms with Gasteiger partial charge in [-0.2, -0.15) is 0 Å². The molecule has 2 heterocycles. The summed E-state index contributed by atoms with van der Waals surface area (Å²) < 4.78 is 0. The summed E-state index contributed by atoms with van der Waals surface area (Å²) in [6.07, 6.45) is 1.63. The van der Waals surface area contributed by atoms with Gasteiger partial charge in [0.2, 0.25) is 11.1 Å². The van der Waals surface area contributed by atoms with E-state index in [1.54, 1.807) is 18.3 Å². The van der Waals surface area contributed by atoms with Gasteiger partial charge >= 0.3 is 0 Å². The number of carbonyl (C=O) groups excluding carboxylic acids is 1. The molecule has 22 heavy (non-hydrogen) atoms. The van der Waals surface area contributed by atoms with E-state index in [1.807, 2.05) is 36.4 Å². The van der Waals surface area contributed by atoms with Gasteiger partial charge in [-0.05, 0) is 12.1 Å². The number of aromatic amines is 1. The number of hydrogen-bond donors (Lipinski definition) is 2. The predicted octanol–water partition coefficient (Wildman–Crippen LogP) is 2.60. The smallest absolute Gasteiger partial charge is 0.236 e. The molecule has 0 unspecified atom stereocenters. The second-order valence-electron chi connectivity index (χ2n) is 4.38. The molecule has 0 radical (unpaired) electrons. The zero-order chi connectivity index (χ0) is 15.2. The number of H-pyrrole nitrogens is 1. The topological polar surface area (TPSA) is 83.6 Å². The molecule has 0 fully saturated rings. The summed E-state index contributed by atoms with van der Waals surface area (Å²) in [6, 6.07) is 15.1. The van der Waals surface area contributed by atoms with Crippen LogP contribution in [0, 0.1) is 0 Å². The number of pyridine rings is 1. The lowest BCUT2D eigenvalue weighted by atomic mass is 10.2. The van der Waals surface area contributed by atoms with E-state index in [9.17, 15) is 4.79 Å². The third-order valence-corrected chi connectivity index (χ3v) is 3.62. The number of nitrogens with one attached hydrogen (secondary N) is 2. The monoisotopic (exact) mass is 311 g/mol. The zero-order valence-corrected chi connectivity index (χ0v) is 12.4. The lowest BCUT2D eigenvalue weighted by molar-refractivity contribution is -0.113. The predicted molar refractivity (Wildman–Crippen MR) is 85.4 cm³/mol. The highest BCUT2D eigenvalue weighted by Gasteiger charge is 2.09. The molecule has 2 aromatic heterocycles. The molecule has 6 nitrogen and oxygen atoms in total. The number of carbonyl (C=O) groups is 1. The fraction of sp³-hybridized carbons (Fsp3) is 0.0667. The lowest BCUT2D eigenvalue weighted by Gasteiger charge is -2.01. The van der Waals surface area contributed by atoms with E-state index in [4.69, 9.17) is 0 Å². The second kappa shape index (κ2) is 6.86. The van der Waals surface area contributed by atoms with Crippen LogP contribution in [0.15, 0.2) is 59.9 Å². The molecule has 0 bridgehead atoms. The first-order valence-electron chi connectivity index (χ1n) is 6.63. The van der Waals surface area contributed by atoms with Crippen molar-refractivity contribution in [2.24, 2.45) is 0 Å². The third kappa shape index (κ3) is 3.70. The Morgan fingerprint density at radius 1 is 1.14 bits per heavy atom. The molecule has 1 aromatic carbocycles. The summed E-state index contributed by atoms with van der Waals surface area (Å²) in [4.78, 5) is 20.2. The van der Waals surface area contributed by atoms with Crippen LogP contribution in [0.3, 0.4) is 0 Å². The van der Waals surface area contributed by atoms with Gasteiger partial charge in [-0.15, -0.1) is 5.10 Å². The van der Waals surface area contributed by atoms with E-state index in [0.29, 0.717) is 16.8 Å². The molecular weight excluding hydrogens is 298 g/mol. The Bertz CT molecular complexity index is 745. The van der Waals surface area contributed by atoms with E-state index in [-0.39, 0.29) is 11.7 Å². The highest BCUT2D eigenvalue weighted by molar-refractivity contribution is 7.99. The van der Waals surface area contributed by atoms with Crippen LogP contribution in [0.2, 0.25) is 0 Å². The maximum absolute atomic E-state index is 11.8. The summed E-state index contributed by atoms with van der Waals surface area (Å²) in [6.45, 7) is 0. The van der Waals surface area contributed by atoms with Crippen molar-refractivity contribution in [2.75, 3.05) is 11.1 Å². The highest BCUT2D eigenvalue weighted by Crippen LogP contribution is 2.18. The van der Waals surface area contributed by atoms with E-state index in [2.05, 4.69) is 25.5 Å². The number of nitrogens with zero attached hydrogens (tertiary/aromatic N) is 3. The van der Waals surface area contributed by atoms with Crippen LogP contribution in [-0.4, -0.2) is 31.8 Å². The average molecular weight is 311 g/mol. The van der Waals surface area contributed by atoms with Gasteiger partial charge < -0.3 is 5.32 Å². The standard InChI is InChI=1S/C15H13N5OS/c21-13(17-12-8-4-5-9-16-12)10-22-15-18-14(19-20-15)11-6-2-1-3-7-11/h1-9H,10H2,(H,16,17,21)(H,18,19,20). The van der Waals surface area contributed by atoms with Gasteiger partial charge in [-0.25, -0.2) is 9.97 Å². The second-order valence-corrected chi connectivity index (χ2v) is 5.33. The van der Waals surface area contributed by atoms with Crippen molar-refractivity contribution >= 4 is 23.5 Å². The number of benzene rings is 1. The Labute approximate surface area is 131 Å². The van der Waals surface area contributed by atoms with Crippen molar-refractivity contribution < 1.29 is 4.79 Å². The van der Waals surface area contributed by atoms with Crippen LogP contribution in [-0.2, 0) is 4.79 Å². The first-order valence-corrected chi connectivity index (χ1v) is 7.61. The summed E-state index contributed by atoms with van der Waals surface area (Å²) >= 11 is 1.27. The van der Waals surface area contributed by atoms with Gasteiger partial charge in [-0.1, -0.05) is 48.2 Å². The van der Waals surface area contributed by atoms with Crippen LogP contribution in [0.25, 0.3) is 11.4 Å². The van der Waals surface area contributed by atoms with Crippen molar-refractivity contribution in [3.8, 4) is 11.4 Å². The number of rotatable bonds is 5. The number of amides is 1. The Hall–Kier alpha value is -2.67. The highest BCUT2D eigenvalue weighted by atomic mass is 32.2. The Morgan fingerprint density at radius 3 is 2.73 bits per heavy atom. The summed E-state index contributed by atoms with van der Waals surface area (Å²) in [5.74, 6) is 1.30. The van der Waals surface area contributed by atoms with Crippen LogP contribution in [0.1, 0.15) is 0 Å². The molecule has 0 aliphatic carbocycles. The SMILES string of the molecule is O=C(CSc1n[nH]c(-c2ccccc2)n1)Nc1ccccn1. The maximum atomic E-state index is 11.8. The van der Waals surface area contributed by atoms with Gasteiger partial charge in [-0.3, -0.25) is 9.89 Å². The van der Waals surface area contributed by atoms with Crippen molar-refractivity contribution in [3.05, 3.63) is 54.7 Å². The average Bonchev–Trinajstić information content (AvgIpc) is 3.04. The summed E-state index contributed by atoms with van der Waals surface area (Å²) in [7, 11) is 0. The van der Waals surface area contributed by atoms with Crippen LogP contribution < -0.4 is 5.32 Å². The van der Waals surface area contributed by atoms with E-state index in [1.165, 1.54) is 11.8 Å². The number of hydrogen-bond acceptors (Lipinski definition) is 5. The third-order valence-electron chi connectivity index (χ3n) is 2.78. The molecule has 0 aliphatic heterocycles. The Kier molecular flexibility index (Phi) is 4.45. The maximum Gasteiger partial charge on any atom is 0.236 e. The molecular formula is C15H13N5OS. The molecule has 0 aliphatic rings. The summed E-state index contributed by atoms with van der Waals surface area (Å²) in [5.41, 5.74) is 0.958. The fourth-order valence-electron chi connectivity index (χ4n) is 1.78. The van der Waals surface area contributed by atoms with Crippen molar-refractivity contribution in [2.45, 2.75) is 5.16 Å². The molecule has 2 N–H and O–H groups in total. The van der Waals surface area contributed by atoms with Gasteiger partial charge in [0.1, 0.15) is 5.82 Å². The molecule has 110 valence electrons. The van der Waals surface area contributed by atoms with Gasteiger partial charge in [0.15, 0.2) is 5.82 Å². The summed E-state index contributed by atoms with van der Waals surface area (Å²) in [5, 5.41) is 10.2. The Balaban J connectivity index is 1.56. The van der Waals surface area contributed by atoms with Gasteiger partial charge in [0.25, 0.3) is 0 Å². The Morgan fingerprint density at radius 2 is 1.95 bits per heavy atom. The minimum Gasteiger partial charge on any atom is -0.310 e. The molecule has 3 aromatic rings. The first-order chi connectivity index (χ1) is 10.8. The number of aromatic nitrogens is 4.